The van der Waals surface area contributed by atoms with Gasteiger partial charge in [-0.2, -0.15) is 0 Å². The van der Waals surface area contributed by atoms with Crippen molar-refractivity contribution >= 4 is 22.3 Å². The first-order valence-corrected chi connectivity index (χ1v) is 7.07. The van der Waals surface area contributed by atoms with E-state index in [0.29, 0.717) is 10.6 Å². The van der Waals surface area contributed by atoms with Crippen LogP contribution in [0.15, 0.2) is 24.3 Å². The Bertz CT molecular complexity index is 703. The van der Waals surface area contributed by atoms with Crippen molar-refractivity contribution in [1.29, 1.82) is 0 Å². The highest BCUT2D eigenvalue weighted by atomic mass is 32.1. The quantitative estimate of drug-likeness (QED) is 0.817. The summed E-state index contributed by atoms with van der Waals surface area (Å²) in [7, 11) is 1.36. The highest BCUT2D eigenvalue weighted by Crippen LogP contribution is 2.52. The molecule has 1 aliphatic heterocycles. The number of esters is 1. The van der Waals surface area contributed by atoms with E-state index in [1.54, 1.807) is 0 Å². The van der Waals surface area contributed by atoms with Crippen molar-refractivity contribution in [2.24, 2.45) is 0 Å². The number of methoxy groups -OCH3 is 1. The normalized spacial score (nSPS) is 14.9. The number of anilines is 1. The summed E-state index contributed by atoms with van der Waals surface area (Å²) >= 11 is 1.38. The summed E-state index contributed by atoms with van der Waals surface area (Å²) in [5, 5.41) is 0.468. The molecular formula is C15H15NO3S. The van der Waals surface area contributed by atoms with Gasteiger partial charge in [0.2, 0.25) is 0 Å². The monoisotopic (exact) mass is 289 g/mol. The molecule has 0 spiro atoms. The van der Waals surface area contributed by atoms with Gasteiger partial charge in [0, 0.05) is 11.1 Å². The number of benzene rings is 1. The minimum Gasteiger partial charge on any atom is -0.482 e. The van der Waals surface area contributed by atoms with Gasteiger partial charge in [-0.15, -0.1) is 11.3 Å². The van der Waals surface area contributed by atoms with Gasteiger partial charge in [0.15, 0.2) is 0 Å². The number of carbonyl (C=O) groups is 1. The molecule has 2 N–H and O–H groups in total. The average Bonchev–Trinajstić information content (AvgIpc) is 2.76. The Morgan fingerprint density at radius 2 is 2.05 bits per heavy atom. The lowest BCUT2D eigenvalue weighted by Gasteiger charge is -2.32. The van der Waals surface area contributed by atoms with E-state index in [9.17, 15) is 4.79 Å². The average molecular weight is 289 g/mol. The van der Waals surface area contributed by atoms with E-state index >= 15 is 0 Å². The molecule has 0 aliphatic carbocycles. The van der Waals surface area contributed by atoms with Crippen LogP contribution in [-0.2, 0) is 10.3 Å². The van der Waals surface area contributed by atoms with E-state index in [1.165, 1.54) is 18.4 Å². The van der Waals surface area contributed by atoms with Crippen LogP contribution in [-0.4, -0.2) is 13.1 Å². The van der Waals surface area contributed by atoms with Crippen LogP contribution >= 0.6 is 11.3 Å². The molecule has 0 saturated carbocycles. The Kier molecular flexibility index (Phi) is 2.76. The maximum absolute atomic E-state index is 12.1. The SMILES string of the molecule is COC(=O)c1c(N)sc2c1-c1ccccc1OC2(C)C. The number of rotatable bonds is 1. The Labute approximate surface area is 121 Å². The van der Waals surface area contributed by atoms with Crippen molar-refractivity contribution in [3.05, 3.63) is 34.7 Å². The summed E-state index contributed by atoms with van der Waals surface area (Å²) in [5.41, 5.74) is 7.68. The lowest BCUT2D eigenvalue weighted by atomic mass is 9.91. The second-order valence-electron chi connectivity index (χ2n) is 5.15. The molecule has 0 fully saturated rings. The van der Waals surface area contributed by atoms with Crippen LogP contribution < -0.4 is 10.5 Å². The zero-order valence-electron chi connectivity index (χ0n) is 11.5. The number of nitrogen functional groups attached to an aromatic ring is 1. The maximum Gasteiger partial charge on any atom is 0.341 e. The van der Waals surface area contributed by atoms with Crippen molar-refractivity contribution in [1.82, 2.24) is 0 Å². The Hall–Kier alpha value is -2.01. The molecule has 0 bridgehead atoms. The van der Waals surface area contributed by atoms with E-state index < -0.39 is 11.6 Å². The Balaban J connectivity index is 2.36. The van der Waals surface area contributed by atoms with Gasteiger partial charge in [-0.25, -0.2) is 4.79 Å². The zero-order chi connectivity index (χ0) is 14.5. The van der Waals surface area contributed by atoms with Gasteiger partial charge < -0.3 is 15.2 Å². The van der Waals surface area contributed by atoms with Gasteiger partial charge in [0.05, 0.1) is 12.0 Å². The lowest BCUT2D eigenvalue weighted by Crippen LogP contribution is -2.28. The Morgan fingerprint density at radius 3 is 2.75 bits per heavy atom. The van der Waals surface area contributed by atoms with Crippen molar-refractivity contribution in [3.63, 3.8) is 0 Å². The molecule has 0 amide bonds. The molecule has 1 aromatic heterocycles. The molecule has 0 atom stereocenters. The fourth-order valence-corrected chi connectivity index (χ4v) is 3.63. The van der Waals surface area contributed by atoms with Gasteiger partial charge in [-0.1, -0.05) is 18.2 Å². The highest BCUT2D eigenvalue weighted by Gasteiger charge is 2.38. The molecule has 0 radical (unpaired) electrons. The van der Waals surface area contributed by atoms with Gasteiger partial charge in [0.1, 0.15) is 21.9 Å². The number of hydrogen-bond donors (Lipinski definition) is 1. The van der Waals surface area contributed by atoms with Crippen LogP contribution in [0.1, 0.15) is 29.1 Å². The highest BCUT2D eigenvalue weighted by molar-refractivity contribution is 7.17. The molecule has 1 aromatic carbocycles. The topological polar surface area (TPSA) is 61.5 Å². The van der Waals surface area contributed by atoms with Crippen LogP contribution in [0.4, 0.5) is 5.00 Å². The summed E-state index contributed by atoms with van der Waals surface area (Å²) < 4.78 is 10.9. The molecule has 3 rings (SSSR count). The number of ether oxygens (including phenoxy) is 2. The summed E-state index contributed by atoms with van der Waals surface area (Å²) in [6.07, 6.45) is 0. The molecule has 20 heavy (non-hydrogen) atoms. The fraction of sp³-hybridized carbons (Fsp3) is 0.267. The number of nitrogens with two attached hydrogens (primary N) is 1. The van der Waals surface area contributed by atoms with Gasteiger partial charge in [-0.3, -0.25) is 0 Å². The fourth-order valence-electron chi connectivity index (χ4n) is 2.52. The smallest absolute Gasteiger partial charge is 0.341 e. The van der Waals surface area contributed by atoms with Crippen molar-refractivity contribution in [2.45, 2.75) is 19.4 Å². The summed E-state index contributed by atoms with van der Waals surface area (Å²) in [6, 6.07) is 7.66. The minimum absolute atomic E-state index is 0.410. The predicted molar refractivity (Wildman–Crippen MR) is 79.2 cm³/mol. The summed E-state index contributed by atoms with van der Waals surface area (Å²) in [5.74, 6) is 0.348. The zero-order valence-corrected chi connectivity index (χ0v) is 12.3. The van der Waals surface area contributed by atoms with E-state index in [4.69, 9.17) is 15.2 Å². The maximum atomic E-state index is 12.1. The van der Waals surface area contributed by atoms with Gasteiger partial charge >= 0.3 is 5.97 Å². The van der Waals surface area contributed by atoms with Crippen LogP contribution in [0.25, 0.3) is 11.1 Å². The van der Waals surface area contributed by atoms with Crippen LogP contribution in [0.3, 0.4) is 0 Å². The van der Waals surface area contributed by atoms with E-state index in [2.05, 4.69) is 0 Å². The standard InChI is InChI=1S/C15H15NO3S/c1-15(2)12-10(8-6-4-5-7-9(8)19-15)11(13(16)20-12)14(17)18-3/h4-7H,16H2,1-3H3. The van der Waals surface area contributed by atoms with Crippen molar-refractivity contribution < 1.29 is 14.3 Å². The molecule has 104 valence electrons. The number of thiophene rings is 1. The number of carbonyl (C=O) groups excluding carboxylic acids is 1. The number of para-hydroxylation sites is 1. The first-order chi connectivity index (χ1) is 9.45. The molecule has 5 heteroatoms. The third-order valence-electron chi connectivity index (χ3n) is 3.39. The summed E-state index contributed by atoms with van der Waals surface area (Å²) in [6.45, 7) is 3.94. The molecule has 0 saturated heterocycles. The molecule has 1 aliphatic rings. The molecule has 2 aromatic rings. The second kappa shape index (κ2) is 4.24. The first-order valence-electron chi connectivity index (χ1n) is 6.25. The second-order valence-corrected chi connectivity index (χ2v) is 6.20. The molecule has 2 heterocycles. The van der Waals surface area contributed by atoms with Crippen molar-refractivity contribution in [2.75, 3.05) is 12.8 Å². The van der Waals surface area contributed by atoms with Crippen LogP contribution in [0.5, 0.6) is 5.75 Å². The van der Waals surface area contributed by atoms with E-state index in [0.717, 1.165) is 21.8 Å². The Morgan fingerprint density at radius 1 is 1.35 bits per heavy atom. The number of fused-ring (bicyclic) bond motifs is 3. The molecular weight excluding hydrogens is 274 g/mol. The largest absolute Gasteiger partial charge is 0.482 e. The third kappa shape index (κ3) is 1.70. The van der Waals surface area contributed by atoms with E-state index in [-0.39, 0.29) is 0 Å². The van der Waals surface area contributed by atoms with Gasteiger partial charge in [0.25, 0.3) is 0 Å². The van der Waals surface area contributed by atoms with Crippen LogP contribution in [0.2, 0.25) is 0 Å². The van der Waals surface area contributed by atoms with Crippen molar-refractivity contribution in [3.8, 4) is 16.9 Å². The molecule has 0 unspecified atom stereocenters. The first kappa shape index (κ1) is 13.0. The third-order valence-corrected chi connectivity index (χ3v) is 4.72. The summed E-state index contributed by atoms with van der Waals surface area (Å²) in [4.78, 5) is 13.0. The molecule has 4 nitrogen and oxygen atoms in total. The number of hydrogen-bond acceptors (Lipinski definition) is 5. The lowest BCUT2D eigenvalue weighted by molar-refractivity contribution is 0.0602. The van der Waals surface area contributed by atoms with Crippen LogP contribution in [0, 0.1) is 0 Å². The predicted octanol–water partition coefficient (Wildman–Crippen LogP) is 3.41. The van der Waals surface area contributed by atoms with E-state index in [1.807, 2.05) is 38.1 Å². The minimum atomic E-state index is -0.519. The van der Waals surface area contributed by atoms with Gasteiger partial charge in [-0.05, 0) is 19.9 Å².